The summed E-state index contributed by atoms with van der Waals surface area (Å²) in [5.41, 5.74) is 0. The summed E-state index contributed by atoms with van der Waals surface area (Å²) in [5.74, 6) is 2.04. The molecule has 142 valence electrons. The van der Waals surface area contributed by atoms with Crippen LogP contribution in [0, 0.1) is 6.92 Å². The molecule has 1 aromatic heterocycles. The molecule has 1 aromatic rings. The lowest BCUT2D eigenvalue weighted by Crippen LogP contribution is -2.45. The van der Waals surface area contributed by atoms with Crippen LogP contribution in [0.25, 0.3) is 0 Å². The summed E-state index contributed by atoms with van der Waals surface area (Å²) >= 11 is 0. The highest BCUT2D eigenvalue weighted by Gasteiger charge is 2.38. The predicted octanol–water partition coefficient (Wildman–Crippen LogP) is 2.38. The van der Waals surface area contributed by atoms with Gasteiger partial charge in [0.15, 0.2) is 5.96 Å². The highest BCUT2D eigenvalue weighted by atomic mass is 127. The van der Waals surface area contributed by atoms with Gasteiger partial charge in [-0.2, -0.15) is 0 Å². The molecule has 0 radical (unpaired) electrons. The Hall–Kier alpha value is -0.830. The molecular weight excluding hydrogens is 427 g/mol. The van der Waals surface area contributed by atoms with Gasteiger partial charge in [0.25, 0.3) is 0 Å². The van der Waals surface area contributed by atoms with Crippen LogP contribution < -0.4 is 10.6 Å². The van der Waals surface area contributed by atoms with Gasteiger partial charge in [-0.05, 0) is 46.0 Å². The summed E-state index contributed by atoms with van der Waals surface area (Å²) in [6.45, 7) is 7.57. The SMILES string of the molecule is CN=C(NCCCCn1ccnc1C)NC1CC(C)N(C2CC2)C1.I. The zero-order chi connectivity index (χ0) is 16.9. The lowest BCUT2D eigenvalue weighted by Gasteiger charge is -2.20. The second kappa shape index (κ2) is 9.75. The van der Waals surface area contributed by atoms with Crippen LogP contribution in [-0.2, 0) is 6.54 Å². The van der Waals surface area contributed by atoms with Crippen molar-refractivity contribution in [2.75, 3.05) is 20.1 Å². The van der Waals surface area contributed by atoms with Gasteiger partial charge in [0.2, 0.25) is 0 Å². The van der Waals surface area contributed by atoms with E-state index < -0.39 is 0 Å². The Morgan fingerprint density at radius 1 is 1.36 bits per heavy atom. The molecule has 7 heteroatoms. The van der Waals surface area contributed by atoms with Crippen molar-refractivity contribution in [1.82, 2.24) is 25.1 Å². The molecule has 0 bridgehead atoms. The summed E-state index contributed by atoms with van der Waals surface area (Å²) in [4.78, 5) is 11.3. The number of rotatable bonds is 7. The van der Waals surface area contributed by atoms with Crippen molar-refractivity contribution in [1.29, 1.82) is 0 Å². The molecule has 0 amide bonds. The van der Waals surface area contributed by atoms with Gasteiger partial charge in [-0.15, -0.1) is 24.0 Å². The Labute approximate surface area is 168 Å². The van der Waals surface area contributed by atoms with E-state index in [0.29, 0.717) is 12.1 Å². The second-order valence-electron chi connectivity index (χ2n) is 7.23. The van der Waals surface area contributed by atoms with Crippen LogP contribution in [0.5, 0.6) is 0 Å². The molecular formula is C18H33IN6. The first-order valence-corrected chi connectivity index (χ1v) is 9.38. The average molecular weight is 460 g/mol. The zero-order valence-corrected chi connectivity index (χ0v) is 18.1. The first kappa shape index (κ1) is 20.5. The highest BCUT2D eigenvalue weighted by Crippen LogP contribution is 2.33. The van der Waals surface area contributed by atoms with Crippen molar-refractivity contribution in [3.05, 3.63) is 18.2 Å². The average Bonchev–Trinajstić information content (AvgIpc) is 3.23. The first-order valence-electron chi connectivity index (χ1n) is 9.38. The van der Waals surface area contributed by atoms with E-state index in [4.69, 9.17) is 0 Å². The molecule has 1 saturated heterocycles. The molecule has 2 unspecified atom stereocenters. The third kappa shape index (κ3) is 5.84. The second-order valence-corrected chi connectivity index (χ2v) is 7.23. The van der Waals surface area contributed by atoms with E-state index in [0.717, 1.165) is 50.3 Å². The van der Waals surface area contributed by atoms with E-state index >= 15 is 0 Å². The minimum absolute atomic E-state index is 0. The third-order valence-electron chi connectivity index (χ3n) is 5.25. The van der Waals surface area contributed by atoms with Crippen molar-refractivity contribution in [2.24, 2.45) is 4.99 Å². The minimum Gasteiger partial charge on any atom is -0.356 e. The van der Waals surface area contributed by atoms with Gasteiger partial charge in [0, 0.05) is 57.2 Å². The molecule has 2 heterocycles. The molecule has 0 aromatic carbocycles. The smallest absolute Gasteiger partial charge is 0.191 e. The number of halogens is 1. The number of hydrogen-bond acceptors (Lipinski definition) is 3. The van der Waals surface area contributed by atoms with Gasteiger partial charge < -0.3 is 15.2 Å². The number of aryl methyl sites for hydroxylation is 2. The Morgan fingerprint density at radius 3 is 2.80 bits per heavy atom. The number of imidazole rings is 1. The lowest BCUT2D eigenvalue weighted by molar-refractivity contribution is 0.256. The number of nitrogens with zero attached hydrogens (tertiary/aromatic N) is 4. The van der Waals surface area contributed by atoms with Crippen molar-refractivity contribution in [3.63, 3.8) is 0 Å². The quantitative estimate of drug-likeness (QED) is 0.284. The maximum absolute atomic E-state index is 4.38. The minimum atomic E-state index is 0. The largest absolute Gasteiger partial charge is 0.356 e. The molecule has 6 nitrogen and oxygen atoms in total. The van der Waals surface area contributed by atoms with Crippen molar-refractivity contribution in [3.8, 4) is 0 Å². The third-order valence-corrected chi connectivity index (χ3v) is 5.25. The van der Waals surface area contributed by atoms with Gasteiger partial charge in [-0.1, -0.05) is 0 Å². The topological polar surface area (TPSA) is 57.5 Å². The van der Waals surface area contributed by atoms with Crippen LogP contribution in [0.15, 0.2) is 17.4 Å². The van der Waals surface area contributed by atoms with Crippen LogP contribution in [0.4, 0.5) is 0 Å². The molecule has 0 spiro atoms. The Kier molecular flexibility index (Phi) is 7.99. The molecule has 25 heavy (non-hydrogen) atoms. The van der Waals surface area contributed by atoms with Crippen LogP contribution in [0.2, 0.25) is 0 Å². The molecule has 1 aliphatic heterocycles. The van der Waals surface area contributed by atoms with Crippen molar-refractivity contribution >= 4 is 29.9 Å². The fourth-order valence-electron chi connectivity index (χ4n) is 3.72. The Balaban J connectivity index is 0.00000225. The maximum atomic E-state index is 4.38. The molecule has 3 rings (SSSR count). The fourth-order valence-corrected chi connectivity index (χ4v) is 3.72. The van der Waals surface area contributed by atoms with E-state index in [9.17, 15) is 0 Å². The van der Waals surface area contributed by atoms with E-state index in [-0.39, 0.29) is 24.0 Å². The van der Waals surface area contributed by atoms with E-state index in [1.807, 2.05) is 13.2 Å². The predicted molar refractivity (Wildman–Crippen MR) is 114 cm³/mol. The van der Waals surface area contributed by atoms with Gasteiger partial charge >= 0.3 is 0 Å². The summed E-state index contributed by atoms with van der Waals surface area (Å²) in [6.07, 6.45) is 10.2. The molecule has 2 fully saturated rings. The summed E-state index contributed by atoms with van der Waals surface area (Å²) in [7, 11) is 1.86. The van der Waals surface area contributed by atoms with Crippen molar-refractivity contribution < 1.29 is 0 Å². The lowest BCUT2D eigenvalue weighted by atomic mass is 10.2. The number of aromatic nitrogens is 2. The molecule has 2 N–H and O–H groups in total. The van der Waals surface area contributed by atoms with Gasteiger partial charge in [0.1, 0.15) is 5.82 Å². The molecule has 1 aliphatic carbocycles. The van der Waals surface area contributed by atoms with E-state index in [1.54, 1.807) is 0 Å². The number of hydrogen-bond donors (Lipinski definition) is 2. The summed E-state index contributed by atoms with van der Waals surface area (Å²) < 4.78 is 2.21. The summed E-state index contributed by atoms with van der Waals surface area (Å²) in [5, 5.41) is 7.07. The van der Waals surface area contributed by atoms with Crippen LogP contribution in [0.1, 0.15) is 44.9 Å². The fraction of sp³-hybridized carbons (Fsp3) is 0.778. The van der Waals surface area contributed by atoms with Crippen molar-refractivity contribution in [2.45, 2.75) is 70.6 Å². The number of likely N-dealkylation sites (tertiary alicyclic amines) is 1. The molecule has 2 aliphatic rings. The summed E-state index contributed by atoms with van der Waals surface area (Å²) in [6, 6.07) is 2.08. The monoisotopic (exact) mass is 460 g/mol. The van der Waals surface area contributed by atoms with Gasteiger partial charge in [-0.25, -0.2) is 4.98 Å². The van der Waals surface area contributed by atoms with E-state index in [2.05, 4.69) is 50.1 Å². The first-order chi connectivity index (χ1) is 11.7. The standard InChI is InChI=1S/C18H32N6.HI/c1-14-12-16(13-24(14)17-6-7-17)22-18(19-3)21-8-4-5-10-23-11-9-20-15(23)2;/h9,11,14,16-17H,4-8,10,12-13H2,1-3H3,(H2,19,21,22);1H. The van der Waals surface area contributed by atoms with Crippen LogP contribution in [-0.4, -0.2) is 58.7 Å². The maximum Gasteiger partial charge on any atom is 0.191 e. The Morgan fingerprint density at radius 2 is 2.16 bits per heavy atom. The van der Waals surface area contributed by atoms with E-state index in [1.165, 1.54) is 19.3 Å². The normalized spacial score (nSPS) is 24.2. The number of aliphatic imine (C=N–C) groups is 1. The number of guanidine groups is 1. The zero-order valence-electron chi connectivity index (χ0n) is 15.7. The number of unbranched alkanes of at least 4 members (excludes halogenated alkanes) is 1. The van der Waals surface area contributed by atoms with Crippen LogP contribution in [0.3, 0.4) is 0 Å². The highest BCUT2D eigenvalue weighted by molar-refractivity contribution is 14.0. The number of nitrogens with one attached hydrogen (secondary N) is 2. The molecule has 1 saturated carbocycles. The van der Waals surface area contributed by atoms with Gasteiger partial charge in [0.05, 0.1) is 0 Å². The van der Waals surface area contributed by atoms with Crippen LogP contribution >= 0.6 is 24.0 Å². The Bertz CT molecular complexity index is 554. The van der Waals surface area contributed by atoms with Gasteiger partial charge in [-0.3, -0.25) is 9.89 Å². The molecule has 2 atom stereocenters.